The fraction of sp³-hybridized carbons (Fsp3) is 0.571. The van der Waals surface area contributed by atoms with E-state index in [1.807, 2.05) is 17.5 Å². The van der Waals surface area contributed by atoms with Crippen molar-refractivity contribution < 1.29 is 18.0 Å². The summed E-state index contributed by atoms with van der Waals surface area (Å²) >= 11 is 1.55. The highest BCUT2D eigenvalue weighted by atomic mass is 32.2. The van der Waals surface area contributed by atoms with Crippen LogP contribution in [0.3, 0.4) is 0 Å². The molecule has 0 aromatic carbocycles. The predicted molar refractivity (Wildman–Crippen MR) is 83.1 cm³/mol. The SMILES string of the molecule is O=C(NC1CCS(=O)(=O)C1)C1CCC(=O)N1Cc1cccs1. The predicted octanol–water partition coefficient (Wildman–Crippen LogP) is 0.542. The Hall–Kier alpha value is -1.41. The van der Waals surface area contributed by atoms with Crippen molar-refractivity contribution in [1.82, 2.24) is 10.2 Å². The van der Waals surface area contributed by atoms with Crippen molar-refractivity contribution in [2.45, 2.75) is 37.9 Å². The first-order valence-corrected chi connectivity index (χ1v) is 9.97. The molecule has 6 nitrogen and oxygen atoms in total. The first-order valence-electron chi connectivity index (χ1n) is 7.27. The molecular formula is C14H18N2O4S2. The molecule has 0 radical (unpaired) electrons. The van der Waals surface area contributed by atoms with E-state index in [4.69, 9.17) is 0 Å². The number of carbonyl (C=O) groups excluding carboxylic acids is 2. The maximum atomic E-state index is 12.4. The summed E-state index contributed by atoms with van der Waals surface area (Å²) in [7, 11) is -3.02. The summed E-state index contributed by atoms with van der Waals surface area (Å²) in [6.45, 7) is 0.442. The van der Waals surface area contributed by atoms with Crippen molar-refractivity contribution in [3.63, 3.8) is 0 Å². The molecule has 2 aliphatic rings. The van der Waals surface area contributed by atoms with Gasteiger partial charge in [0.1, 0.15) is 6.04 Å². The Bertz CT molecular complexity index is 669. The Morgan fingerprint density at radius 2 is 2.23 bits per heavy atom. The maximum Gasteiger partial charge on any atom is 0.243 e. The molecule has 2 fully saturated rings. The van der Waals surface area contributed by atoms with E-state index in [1.54, 1.807) is 16.2 Å². The number of sulfone groups is 1. The molecule has 0 spiro atoms. The van der Waals surface area contributed by atoms with E-state index >= 15 is 0 Å². The monoisotopic (exact) mass is 342 g/mol. The van der Waals surface area contributed by atoms with Gasteiger partial charge in [0.2, 0.25) is 11.8 Å². The molecule has 2 aliphatic heterocycles. The largest absolute Gasteiger partial charge is 0.351 e. The van der Waals surface area contributed by atoms with Gasteiger partial charge in [-0.3, -0.25) is 9.59 Å². The van der Waals surface area contributed by atoms with Crippen LogP contribution in [0.1, 0.15) is 24.1 Å². The number of likely N-dealkylation sites (tertiary alicyclic amines) is 1. The molecule has 0 bridgehead atoms. The number of carbonyl (C=O) groups is 2. The Balaban J connectivity index is 1.64. The van der Waals surface area contributed by atoms with Crippen LogP contribution in [0.4, 0.5) is 0 Å². The first-order chi connectivity index (χ1) is 10.4. The molecule has 22 heavy (non-hydrogen) atoms. The fourth-order valence-electron chi connectivity index (χ4n) is 2.98. The zero-order chi connectivity index (χ0) is 15.7. The van der Waals surface area contributed by atoms with Crippen molar-refractivity contribution >= 4 is 33.0 Å². The smallest absolute Gasteiger partial charge is 0.243 e. The van der Waals surface area contributed by atoms with Crippen LogP contribution in [0.5, 0.6) is 0 Å². The van der Waals surface area contributed by atoms with Gasteiger partial charge in [-0.1, -0.05) is 6.07 Å². The molecule has 0 saturated carbocycles. The summed E-state index contributed by atoms with van der Waals surface area (Å²) in [6, 6.07) is 3.04. The van der Waals surface area contributed by atoms with E-state index in [0.29, 0.717) is 25.8 Å². The molecule has 2 saturated heterocycles. The van der Waals surface area contributed by atoms with Gasteiger partial charge >= 0.3 is 0 Å². The number of hydrogen-bond donors (Lipinski definition) is 1. The highest BCUT2D eigenvalue weighted by molar-refractivity contribution is 7.91. The molecular weight excluding hydrogens is 324 g/mol. The zero-order valence-corrected chi connectivity index (χ0v) is 13.7. The van der Waals surface area contributed by atoms with Crippen LogP contribution < -0.4 is 5.32 Å². The topological polar surface area (TPSA) is 83.5 Å². The van der Waals surface area contributed by atoms with Gasteiger partial charge in [0.25, 0.3) is 0 Å². The summed E-state index contributed by atoms with van der Waals surface area (Å²) in [4.78, 5) is 27.1. The lowest BCUT2D eigenvalue weighted by atomic mass is 10.1. The van der Waals surface area contributed by atoms with Crippen LogP contribution in [0, 0.1) is 0 Å². The Kier molecular flexibility index (Phi) is 4.22. The molecule has 2 unspecified atom stereocenters. The lowest BCUT2D eigenvalue weighted by molar-refractivity contribution is -0.136. The second-order valence-electron chi connectivity index (χ2n) is 5.76. The van der Waals surface area contributed by atoms with E-state index in [2.05, 4.69) is 5.32 Å². The minimum Gasteiger partial charge on any atom is -0.351 e. The second kappa shape index (κ2) is 6.00. The summed E-state index contributed by atoms with van der Waals surface area (Å²) in [5.41, 5.74) is 0. The standard InChI is InChI=1S/C14H18N2O4S2/c17-13-4-3-12(16(13)8-11-2-1-6-21-11)14(18)15-10-5-7-22(19,20)9-10/h1-2,6,10,12H,3-5,7-9H2,(H,15,18). The molecule has 3 heterocycles. The van der Waals surface area contributed by atoms with Crippen molar-refractivity contribution in [3.05, 3.63) is 22.4 Å². The van der Waals surface area contributed by atoms with Gasteiger partial charge in [-0.2, -0.15) is 0 Å². The third-order valence-electron chi connectivity index (χ3n) is 4.12. The molecule has 0 aliphatic carbocycles. The number of rotatable bonds is 4. The van der Waals surface area contributed by atoms with Crippen molar-refractivity contribution in [2.75, 3.05) is 11.5 Å². The average molecular weight is 342 g/mol. The average Bonchev–Trinajstić information content (AvgIpc) is 3.14. The van der Waals surface area contributed by atoms with Gasteiger partial charge in [0.05, 0.1) is 18.1 Å². The summed E-state index contributed by atoms with van der Waals surface area (Å²) < 4.78 is 22.9. The Morgan fingerprint density at radius 3 is 2.86 bits per heavy atom. The molecule has 8 heteroatoms. The highest BCUT2D eigenvalue weighted by Crippen LogP contribution is 2.24. The normalized spacial score (nSPS) is 27.3. The highest BCUT2D eigenvalue weighted by Gasteiger charge is 2.38. The molecule has 3 rings (SSSR count). The molecule has 1 aromatic rings. The third kappa shape index (κ3) is 3.33. The molecule has 1 aromatic heterocycles. The van der Waals surface area contributed by atoms with Crippen LogP contribution in [0.2, 0.25) is 0 Å². The quantitative estimate of drug-likeness (QED) is 0.866. The minimum atomic E-state index is -3.02. The molecule has 2 amide bonds. The molecule has 2 atom stereocenters. The summed E-state index contributed by atoms with van der Waals surface area (Å²) in [5, 5.41) is 4.74. The number of hydrogen-bond acceptors (Lipinski definition) is 5. The van der Waals surface area contributed by atoms with Gasteiger partial charge < -0.3 is 10.2 Å². The fourth-order valence-corrected chi connectivity index (χ4v) is 5.36. The Labute approximate surface area is 133 Å². The number of thiophene rings is 1. The van der Waals surface area contributed by atoms with E-state index < -0.39 is 15.9 Å². The Morgan fingerprint density at radius 1 is 1.41 bits per heavy atom. The van der Waals surface area contributed by atoms with E-state index in [0.717, 1.165) is 4.88 Å². The van der Waals surface area contributed by atoms with Crippen molar-refractivity contribution in [1.29, 1.82) is 0 Å². The van der Waals surface area contributed by atoms with Gasteiger partial charge in [-0.15, -0.1) is 11.3 Å². The van der Waals surface area contributed by atoms with Gasteiger partial charge in [0.15, 0.2) is 9.84 Å². The van der Waals surface area contributed by atoms with Crippen LogP contribution >= 0.6 is 11.3 Å². The van der Waals surface area contributed by atoms with Crippen molar-refractivity contribution in [2.24, 2.45) is 0 Å². The summed E-state index contributed by atoms with van der Waals surface area (Å²) in [5.74, 6) is -0.123. The van der Waals surface area contributed by atoms with Gasteiger partial charge in [-0.05, 0) is 24.3 Å². The van der Waals surface area contributed by atoms with E-state index in [-0.39, 0.29) is 29.4 Å². The van der Waals surface area contributed by atoms with E-state index in [9.17, 15) is 18.0 Å². The van der Waals surface area contributed by atoms with Crippen LogP contribution in [0.25, 0.3) is 0 Å². The van der Waals surface area contributed by atoms with Gasteiger partial charge in [0, 0.05) is 17.3 Å². The third-order valence-corrected chi connectivity index (χ3v) is 6.75. The van der Waals surface area contributed by atoms with Gasteiger partial charge in [-0.25, -0.2) is 8.42 Å². The number of amides is 2. The van der Waals surface area contributed by atoms with Crippen LogP contribution in [-0.2, 0) is 26.0 Å². The lowest BCUT2D eigenvalue weighted by Gasteiger charge is -2.24. The van der Waals surface area contributed by atoms with Crippen LogP contribution in [-0.4, -0.2) is 48.7 Å². The van der Waals surface area contributed by atoms with Crippen LogP contribution in [0.15, 0.2) is 17.5 Å². The molecule has 120 valence electrons. The second-order valence-corrected chi connectivity index (χ2v) is 9.02. The van der Waals surface area contributed by atoms with E-state index in [1.165, 1.54) is 0 Å². The lowest BCUT2D eigenvalue weighted by Crippen LogP contribution is -2.47. The van der Waals surface area contributed by atoms with Crippen molar-refractivity contribution in [3.8, 4) is 0 Å². The number of nitrogens with one attached hydrogen (secondary N) is 1. The minimum absolute atomic E-state index is 0.00430. The maximum absolute atomic E-state index is 12.4. The first kappa shape index (κ1) is 15.5. The summed E-state index contributed by atoms with van der Waals surface area (Å²) in [6.07, 6.45) is 1.32. The molecule has 1 N–H and O–H groups in total. The zero-order valence-electron chi connectivity index (χ0n) is 12.0. The number of nitrogens with zero attached hydrogens (tertiary/aromatic N) is 1.